The molecule has 176 valence electrons. The number of carbonyl (C=O) groups is 2. The number of nitro benzene ring substituents is 1. The van der Waals surface area contributed by atoms with Gasteiger partial charge in [-0.1, -0.05) is 12.1 Å². The van der Waals surface area contributed by atoms with Crippen LogP contribution in [0.15, 0.2) is 71.6 Å². The molecule has 0 bridgehead atoms. The number of rotatable bonds is 7. The lowest BCUT2D eigenvalue weighted by Gasteiger charge is -2.12. The van der Waals surface area contributed by atoms with E-state index in [1.165, 1.54) is 55.6 Å². The van der Waals surface area contributed by atoms with Gasteiger partial charge in [0.25, 0.3) is 27.5 Å². The second-order valence-electron chi connectivity index (χ2n) is 7.03. The van der Waals surface area contributed by atoms with Gasteiger partial charge in [0.2, 0.25) is 0 Å². The van der Waals surface area contributed by atoms with Gasteiger partial charge in [-0.25, -0.2) is 8.42 Å². The van der Waals surface area contributed by atoms with Crippen molar-refractivity contribution in [2.45, 2.75) is 11.8 Å². The highest BCUT2D eigenvalue weighted by atomic mass is 32.2. The normalized spacial score (nSPS) is 10.8. The molecule has 0 aliphatic carbocycles. The Bertz CT molecular complexity index is 1360. The number of nitrogens with zero attached hydrogens (tertiary/aromatic N) is 1. The number of ether oxygens (including phenoxy) is 1. The third-order valence-electron chi connectivity index (χ3n) is 4.71. The average Bonchev–Trinajstić information content (AvgIpc) is 2.82. The van der Waals surface area contributed by atoms with Crippen molar-refractivity contribution in [3.8, 4) is 5.75 Å². The molecule has 11 nitrogen and oxygen atoms in total. The van der Waals surface area contributed by atoms with Crippen LogP contribution in [0.4, 0.5) is 11.4 Å². The predicted octanol–water partition coefficient (Wildman–Crippen LogP) is 2.79. The zero-order valence-corrected chi connectivity index (χ0v) is 18.9. The molecule has 0 aliphatic heterocycles. The zero-order valence-electron chi connectivity index (χ0n) is 18.1. The number of aryl methyl sites for hydroxylation is 1. The van der Waals surface area contributed by atoms with Crippen LogP contribution < -0.4 is 20.3 Å². The van der Waals surface area contributed by atoms with E-state index in [1.54, 1.807) is 19.1 Å². The summed E-state index contributed by atoms with van der Waals surface area (Å²) in [5.41, 5.74) is 4.81. The lowest BCUT2D eigenvalue weighted by Crippen LogP contribution is -2.42. The maximum absolute atomic E-state index is 12.8. The molecule has 0 aliphatic rings. The summed E-state index contributed by atoms with van der Waals surface area (Å²) in [5.74, 6) is -0.984. The number of methoxy groups -OCH3 is 1. The van der Waals surface area contributed by atoms with Gasteiger partial charge in [-0.3, -0.25) is 35.3 Å². The third-order valence-corrected chi connectivity index (χ3v) is 6.09. The molecule has 3 N–H and O–H groups in total. The van der Waals surface area contributed by atoms with Gasteiger partial charge in [-0.15, -0.1) is 0 Å². The molecule has 0 heterocycles. The van der Waals surface area contributed by atoms with Crippen molar-refractivity contribution >= 4 is 33.2 Å². The number of non-ortho nitro benzene ring substituents is 1. The number of amides is 2. The van der Waals surface area contributed by atoms with Gasteiger partial charge in [0, 0.05) is 28.9 Å². The number of benzene rings is 3. The molecule has 2 amide bonds. The average molecular weight is 484 g/mol. The number of hydrogen-bond acceptors (Lipinski definition) is 7. The zero-order chi connectivity index (χ0) is 24.9. The summed E-state index contributed by atoms with van der Waals surface area (Å²) in [5, 5.41) is 10.9. The lowest BCUT2D eigenvalue weighted by molar-refractivity contribution is -0.384. The van der Waals surface area contributed by atoms with Crippen LogP contribution in [0.1, 0.15) is 26.3 Å². The number of sulfonamides is 1. The maximum Gasteiger partial charge on any atom is 0.270 e. The van der Waals surface area contributed by atoms with Crippen LogP contribution in [0, 0.1) is 17.0 Å². The minimum atomic E-state index is -4.01. The van der Waals surface area contributed by atoms with E-state index >= 15 is 0 Å². The maximum atomic E-state index is 12.8. The van der Waals surface area contributed by atoms with E-state index in [0.29, 0.717) is 17.0 Å². The lowest BCUT2D eigenvalue weighted by atomic mass is 10.1. The summed E-state index contributed by atoms with van der Waals surface area (Å²) >= 11 is 0. The van der Waals surface area contributed by atoms with Crippen molar-refractivity contribution in [2.24, 2.45) is 0 Å². The van der Waals surface area contributed by atoms with Crippen molar-refractivity contribution in [2.75, 3.05) is 11.8 Å². The fraction of sp³-hybridized carbons (Fsp3) is 0.0909. The van der Waals surface area contributed by atoms with E-state index in [0.717, 1.165) is 6.07 Å². The van der Waals surface area contributed by atoms with Gasteiger partial charge in [0.05, 0.1) is 16.9 Å². The minimum absolute atomic E-state index is 0.0111. The van der Waals surface area contributed by atoms with Gasteiger partial charge < -0.3 is 4.74 Å². The summed E-state index contributed by atoms with van der Waals surface area (Å²) in [7, 11) is -2.52. The first-order chi connectivity index (χ1) is 16.1. The second kappa shape index (κ2) is 10.0. The summed E-state index contributed by atoms with van der Waals surface area (Å²) in [4.78, 5) is 34.9. The summed E-state index contributed by atoms with van der Waals surface area (Å²) in [6, 6.07) is 15.2. The van der Waals surface area contributed by atoms with Gasteiger partial charge in [-0.2, -0.15) is 0 Å². The quantitative estimate of drug-likeness (QED) is 0.344. The number of nitrogens with one attached hydrogen (secondary N) is 3. The molecule has 3 rings (SSSR count). The fourth-order valence-corrected chi connectivity index (χ4v) is 3.98. The first kappa shape index (κ1) is 24.2. The van der Waals surface area contributed by atoms with Crippen molar-refractivity contribution in [1.29, 1.82) is 0 Å². The molecule has 34 heavy (non-hydrogen) atoms. The number of hydrogen-bond donors (Lipinski definition) is 3. The highest BCUT2D eigenvalue weighted by Gasteiger charge is 2.19. The van der Waals surface area contributed by atoms with Crippen molar-refractivity contribution < 1.29 is 27.7 Å². The third kappa shape index (κ3) is 5.66. The molecule has 0 aromatic heterocycles. The Hall–Kier alpha value is -4.45. The predicted molar refractivity (Wildman–Crippen MR) is 123 cm³/mol. The highest BCUT2D eigenvalue weighted by Crippen LogP contribution is 2.21. The van der Waals surface area contributed by atoms with Crippen LogP contribution in [0.2, 0.25) is 0 Å². The molecular weight excluding hydrogens is 464 g/mol. The molecule has 0 saturated carbocycles. The second-order valence-corrected chi connectivity index (χ2v) is 8.71. The van der Waals surface area contributed by atoms with Gasteiger partial charge in [-0.05, 0) is 55.0 Å². The molecule has 3 aromatic rings. The monoisotopic (exact) mass is 484 g/mol. The van der Waals surface area contributed by atoms with E-state index < -0.39 is 26.8 Å². The fourth-order valence-electron chi connectivity index (χ4n) is 2.90. The van der Waals surface area contributed by atoms with Gasteiger partial charge >= 0.3 is 0 Å². The molecule has 12 heteroatoms. The highest BCUT2D eigenvalue weighted by molar-refractivity contribution is 7.92. The molecule has 0 radical (unpaired) electrons. The smallest absolute Gasteiger partial charge is 0.270 e. The first-order valence-electron chi connectivity index (χ1n) is 9.73. The van der Waals surface area contributed by atoms with E-state index in [1.807, 2.05) is 0 Å². The Morgan fingerprint density at radius 3 is 2.26 bits per heavy atom. The first-order valence-corrected chi connectivity index (χ1v) is 11.2. The van der Waals surface area contributed by atoms with Crippen LogP contribution in [0.25, 0.3) is 0 Å². The van der Waals surface area contributed by atoms with Crippen LogP contribution in [0.3, 0.4) is 0 Å². The number of carbonyl (C=O) groups excluding carboxylic acids is 2. The summed E-state index contributed by atoms with van der Waals surface area (Å²) < 4.78 is 33.0. The summed E-state index contributed by atoms with van der Waals surface area (Å²) in [6.07, 6.45) is 0. The van der Waals surface area contributed by atoms with E-state index in [2.05, 4.69) is 15.6 Å². The Morgan fingerprint density at radius 1 is 0.941 bits per heavy atom. The molecule has 0 unspecified atom stereocenters. The van der Waals surface area contributed by atoms with E-state index in [-0.39, 0.29) is 21.7 Å². The van der Waals surface area contributed by atoms with Crippen LogP contribution in [-0.2, 0) is 10.0 Å². The van der Waals surface area contributed by atoms with Crippen LogP contribution in [-0.4, -0.2) is 32.3 Å². The Kier molecular flexibility index (Phi) is 7.12. The number of anilines is 1. The molecule has 0 atom stereocenters. The number of hydrazine groups is 1. The van der Waals surface area contributed by atoms with Crippen molar-refractivity contribution in [3.05, 3.63) is 93.5 Å². The molecule has 3 aromatic carbocycles. The minimum Gasteiger partial charge on any atom is -0.497 e. The topological polar surface area (TPSA) is 157 Å². The van der Waals surface area contributed by atoms with Gasteiger partial charge in [0.15, 0.2) is 0 Å². The van der Waals surface area contributed by atoms with Crippen LogP contribution in [0.5, 0.6) is 5.75 Å². The Labute approximate surface area is 194 Å². The Balaban J connectivity index is 1.74. The molecule has 0 saturated heterocycles. The molecule has 0 spiro atoms. The Morgan fingerprint density at radius 2 is 1.62 bits per heavy atom. The number of nitro groups is 1. The van der Waals surface area contributed by atoms with Crippen molar-refractivity contribution in [3.63, 3.8) is 0 Å². The van der Waals surface area contributed by atoms with E-state index in [9.17, 15) is 28.1 Å². The van der Waals surface area contributed by atoms with Crippen molar-refractivity contribution in [1.82, 2.24) is 10.9 Å². The molecular formula is C22H20N4O7S. The standard InChI is InChI=1S/C22H20N4O7S/c1-14-6-11-19(34(31,32)25-16-7-9-18(33-2)10-8-16)13-20(14)22(28)24-23-21(27)15-4-3-5-17(12-15)26(29)30/h3-13,25H,1-2H3,(H,23,27)(H,24,28). The van der Waals surface area contributed by atoms with E-state index in [4.69, 9.17) is 4.74 Å². The van der Waals surface area contributed by atoms with Crippen LogP contribution >= 0.6 is 0 Å². The largest absolute Gasteiger partial charge is 0.497 e. The van der Waals surface area contributed by atoms with Gasteiger partial charge in [0.1, 0.15) is 5.75 Å². The summed E-state index contributed by atoms with van der Waals surface area (Å²) in [6.45, 7) is 1.60. The SMILES string of the molecule is COc1ccc(NS(=O)(=O)c2ccc(C)c(C(=O)NNC(=O)c3cccc([N+](=O)[O-])c3)c2)cc1. The molecule has 0 fully saturated rings.